The fraction of sp³-hybridized carbons (Fsp3) is 0.0690. The first-order valence-corrected chi connectivity index (χ1v) is 21.5. The van der Waals surface area contributed by atoms with Crippen LogP contribution in [-0.2, 0) is 12.0 Å². The summed E-state index contributed by atoms with van der Waals surface area (Å²) >= 11 is 0. The van der Waals surface area contributed by atoms with E-state index in [-0.39, 0.29) is 6.04 Å². The average molecular weight is 799 g/mol. The summed E-state index contributed by atoms with van der Waals surface area (Å²) < 4.78 is 0. The van der Waals surface area contributed by atoms with Gasteiger partial charge in [0.2, 0.25) is 0 Å². The largest absolute Gasteiger partial charge is 0.398 e. The first-order chi connectivity index (χ1) is 30.7. The van der Waals surface area contributed by atoms with Crippen molar-refractivity contribution in [1.29, 1.82) is 0 Å². The topological polar surface area (TPSA) is 53.3 Å². The van der Waals surface area contributed by atoms with E-state index in [9.17, 15) is 0 Å². The van der Waals surface area contributed by atoms with Crippen LogP contribution in [0.1, 0.15) is 45.0 Å². The van der Waals surface area contributed by atoms with Gasteiger partial charge in [-0.2, -0.15) is 0 Å². The predicted octanol–water partition coefficient (Wildman–Crippen LogP) is 12.9. The van der Waals surface area contributed by atoms with Gasteiger partial charge in [-0.05, 0) is 104 Å². The van der Waals surface area contributed by atoms with Crippen molar-refractivity contribution in [3.63, 3.8) is 0 Å². The number of allylic oxidation sites excluding steroid dienone is 3. The Balaban J connectivity index is 0.933. The maximum atomic E-state index is 6.61. The van der Waals surface area contributed by atoms with E-state index in [1.807, 2.05) is 24.3 Å². The molecule has 3 aliphatic rings. The minimum absolute atomic E-state index is 0.0369. The molecular formula is C58H46N4. The fourth-order valence-electron chi connectivity index (χ4n) is 9.90. The Kier molecular flexibility index (Phi) is 9.48. The van der Waals surface area contributed by atoms with Crippen LogP contribution in [0, 0.1) is 0 Å². The van der Waals surface area contributed by atoms with Crippen LogP contribution in [0.2, 0.25) is 0 Å². The van der Waals surface area contributed by atoms with Gasteiger partial charge in [0, 0.05) is 35.7 Å². The van der Waals surface area contributed by atoms with E-state index in [2.05, 4.69) is 216 Å². The first kappa shape index (κ1) is 37.3. The highest BCUT2D eigenvalue weighted by Crippen LogP contribution is 2.62. The molecule has 0 fully saturated rings. The number of hydrogen-bond acceptors (Lipinski definition) is 4. The molecular weight excluding hydrogens is 753 g/mol. The first-order valence-electron chi connectivity index (χ1n) is 21.5. The fourth-order valence-corrected chi connectivity index (χ4v) is 9.90. The monoisotopic (exact) mass is 798 g/mol. The molecule has 11 rings (SSSR count). The second-order valence-corrected chi connectivity index (χ2v) is 16.3. The molecule has 1 spiro atoms. The normalized spacial score (nSPS) is 15.0. The third-order valence-corrected chi connectivity index (χ3v) is 12.8. The zero-order valence-corrected chi connectivity index (χ0v) is 34.4. The molecule has 62 heavy (non-hydrogen) atoms. The molecule has 298 valence electrons. The molecule has 1 unspecified atom stereocenters. The molecule has 0 bridgehead atoms. The van der Waals surface area contributed by atoms with Crippen molar-refractivity contribution in [3.05, 3.63) is 269 Å². The molecule has 4 N–H and O–H groups in total. The summed E-state index contributed by atoms with van der Waals surface area (Å²) in [4.78, 5) is 2.43. The van der Waals surface area contributed by atoms with Crippen molar-refractivity contribution < 1.29 is 0 Å². The summed E-state index contributed by atoms with van der Waals surface area (Å²) in [5, 5.41) is 7.68. The minimum atomic E-state index is -0.520. The smallest absolute Gasteiger partial charge is 0.0901 e. The van der Waals surface area contributed by atoms with Crippen LogP contribution >= 0.6 is 0 Å². The lowest BCUT2D eigenvalue weighted by Gasteiger charge is -2.46. The van der Waals surface area contributed by atoms with Crippen LogP contribution in [0.25, 0.3) is 33.5 Å². The Hall–Kier alpha value is -7.66. The van der Waals surface area contributed by atoms with Crippen LogP contribution in [-0.4, -0.2) is 6.54 Å². The Morgan fingerprint density at radius 3 is 1.90 bits per heavy atom. The predicted molar refractivity (Wildman–Crippen MR) is 257 cm³/mol. The van der Waals surface area contributed by atoms with Crippen molar-refractivity contribution in [1.82, 2.24) is 10.6 Å². The Morgan fingerprint density at radius 2 is 1.19 bits per heavy atom. The van der Waals surface area contributed by atoms with Gasteiger partial charge in [0.1, 0.15) is 0 Å². The molecule has 1 atom stereocenters. The van der Waals surface area contributed by atoms with Gasteiger partial charge < -0.3 is 21.3 Å². The number of benzene rings is 8. The van der Waals surface area contributed by atoms with Crippen molar-refractivity contribution >= 4 is 28.3 Å². The highest BCUT2D eigenvalue weighted by atomic mass is 15.2. The van der Waals surface area contributed by atoms with Gasteiger partial charge in [0.25, 0.3) is 0 Å². The summed E-state index contributed by atoms with van der Waals surface area (Å²) in [6.45, 7) is 1.49. The van der Waals surface area contributed by atoms with Crippen molar-refractivity contribution in [2.75, 3.05) is 11.4 Å². The van der Waals surface area contributed by atoms with Crippen LogP contribution < -0.4 is 21.3 Å². The molecule has 0 radical (unpaired) electrons. The molecule has 2 heterocycles. The number of dihydropyridines is 1. The van der Waals surface area contributed by atoms with Crippen molar-refractivity contribution in [3.8, 4) is 22.3 Å². The molecule has 8 aromatic rings. The van der Waals surface area contributed by atoms with E-state index in [1.54, 1.807) is 0 Å². The zero-order chi connectivity index (χ0) is 41.5. The standard InChI is InChI=1S/C58H46N4/c59-53(42-16-4-1-5-17-42)38-54(43-18-6-2-7-19-43)61-39-40-29-31-41(32-30-40)44-20-14-21-45(36-44)46-33-34-48-49-24-15-35-60-57(49)58(52(48)37-46)50-25-10-12-27-55(50)62(47-22-8-3-9-23-47)56-28-13-11-26-51(56)58/h1-34,36-38,54,60-61H,35,39,59H2/b53-38-. The van der Waals surface area contributed by atoms with E-state index in [4.69, 9.17) is 5.73 Å². The molecule has 8 aromatic carbocycles. The van der Waals surface area contributed by atoms with Gasteiger partial charge in [0.05, 0.1) is 22.8 Å². The third kappa shape index (κ3) is 6.35. The van der Waals surface area contributed by atoms with Gasteiger partial charge in [-0.15, -0.1) is 0 Å². The average Bonchev–Trinajstić information content (AvgIpc) is 3.64. The quantitative estimate of drug-likeness (QED) is 0.136. The maximum Gasteiger partial charge on any atom is 0.0901 e. The van der Waals surface area contributed by atoms with E-state index < -0.39 is 5.41 Å². The van der Waals surface area contributed by atoms with Crippen LogP contribution in [0.5, 0.6) is 0 Å². The molecule has 0 aromatic heterocycles. The second-order valence-electron chi connectivity index (χ2n) is 16.3. The number of anilines is 3. The summed E-state index contributed by atoms with van der Waals surface area (Å²) in [7, 11) is 0. The van der Waals surface area contributed by atoms with Gasteiger partial charge >= 0.3 is 0 Å². The van der Waals surface area contributed by atoms with Gasteiger partial charge in [-0.3, -0.25) is 0 Å². The SMILES string of the molecule is N/C(=C\C(NCc1ccc(-c2cccc(-c3ccc4c(c3)C3(C5=C4C=CCN5)c4ccccc4N(c4ccccc4)c4ccccc43)c2)cc1)c1ccccc1)c1ccccc1. The van der Waals surface area contributed by atoms with Crippen molar-refractivity contribution in [2.24, 2.45) is 5.73 Å². The van der Waals surface area contributed by atoms with Crippen LogP contribution in [0.15, 0.2) is 230 Å². The summed E-state index contributed by atoms with van der Waals surface area (Å²) in [6.07, 6.45) is 6.69. The number of fused-ring (bicyclic) bond motifs is 8. The Bertz CT molecular complexity index is 2970. The summed E-state index contributed by atoms with van der Waals surface area (Å²) in [5.41, 5.74) is 26.2. The van der Waals surface area contributed by atoms with E-state index >= 15 is 0 Å². The summed E-state index contributed by atoms with van der Waals surface area (Å²) in [5.74, 6) is 0. The molecule has 0 amide bonds. The second kappa shape index (κ2) is 15.7. The van der Waals surface area contributed by atoms with Crippen LogP contribution in [0.3, 0.4) is 0 Å². The zero-order valence-electron chi connectivity index (χ0n) is 34.4. The molecule has 0 saturated carbocycles. The molecule has 0 saturated heterocycles. The maximum absolute atomic E-state index is 6.61. The number of nitrogens with zero attached hydrogens (tertiary/aromatic N) is 1. The van der Waals surface area contributed by atoms with E-state index in [0.29, 0.717) is 6.54 Å². The van der Waals surface area contributed by atoms with Crippen molar-refractivity contribution in [2.45, 2.75) is 18.0 Å². The highest BCUT2D eigenvalue weighted by molar-refractivity contribution is 5.98. The lowest BCUT2D eigenvalue weighted by molar-refractivity contribution is 0.621. The third-order valence-electron chi connectivity index (χ3n) is 12.8. The van der Waals surface area contributed by atoms with Crippen LogP contribution in [0.4, 0.5) is 17.1 Å². The molecule has 4 nitrogen and oxygen atoms in total. The number of para-hydroxylation sites is 3. The minimum Gasteiger partial charge on any atom is -0.398 e. The van der Waals surface area contributed by atoms with Gasteiger partial charge in [-0.1, -0.05) is 182 Å². The van der Waals surface area contributed by atoms with Gasteiger partial charge in [0.15, 0.2) is 0 Å². The number of rotatable bonds is 9. The molecule has 1 aliphatic carbocycles. The summed E-state index contributed by atoms with van der Waals surface area (Å²) in [6, 6.07) is 74.4. The lowest BCUT2D eigenvalue weighted by atomic mass is 9.65. The Morgan fingerprint density at radius 1 is 0.597 bits per heavy atom. The number of nitrogens with one attached hydrogen (secondary N) is 2. The molecule has 2 aliphatic heterocycles. The number of hydrogen-bond donors (Lipinski definition) is 3. The Labute approximate surface area is 364 Å². The number of nitrogens with two attached hydrogens (primary N) is 1. The highest BCUT2D eigenvalue weighted by Gasteiger charge is 2.53. The van der Waals surface area contributed by atoms with E-state index in [1.165, 1.54) is 78.3 Å². The van der Waals surface area contributed by atoms with E-state index in [0.717, 1.165) is 23.5 Å². The lowest BCUT2D eigenvalue weighted by Crippen LogP contribution is -2.41. The molecule has 4 heteroatoms. The van der Waals surface area contributed by atoms with Gasteiger partial charge in [-0.25, -0.2) is 0 Å².